The van der Waals surface area contributed by atoms with Crippen LogP contribution >= 0.6 is 0 Å². The number of likely N-dealkylation sites (N-methyl/N-ethyl adjacent to an activating group) is 1. The van der Waals surface area contributed by atoms with Gasteiger partial charge in [-0.3, -0.25) is 9.59 Å². The molecule has 5 heteroatoms. The van der Waals surface area contributed by atoms with E-state index in [4.69, 9.17) is 5.11 Å². The Labute approximate surface area is 126 Å². The molecule has 0 bridgehead atoms. The van der Waals surface area contributed by atoms with Crippen LogP contribution in [0.5, 0.6) is 0 Å². The fraction of sp³-hybridized carbons (Fsp3) is 0.500. The minimum Gasteiger partial charge on any atom is -0.480 e. The molecule has 0 atom stereocenters. The summed E-state index contributed by atoms with van der Waals surface area (Å²) in [5.41, 5.74) is 0.950. The minimum absolute atomic E-state index is 0.239. The number of amides is 1. The predicted molar refractivity (Wildman–Crippen MR) is 82.5 cm³/mol. The highest BCUT2D eigenvalue weighted by molar-refractivity contribution is 5.97. The van der Waals surface area contributed by atoms with Gasteiger partial charge in [-0.1, -0.05) is 18.2 Å². The second-order valence-corrected chi connectivity index (χ2v) is 5.97. The van der Waals surface area contributed by atoms with Gasteiger partial charge in [-0.2, -0.15) is 0 Å². The normalized spacial score (nSPS) is 11.2. The lowest BCUT2D eigenvalue weighted by Crippen LogP contribution is -2.48. The first kappa shape index (κ1) is 17.2. The number of rotatable bonds is 6. The molecule has 21 heavy (non-hydrogen) atoms. The Morgan fingerprint density at radius 1 is 1.24 bits per heavy atom. The maximum absolute atomic E-state index is 12.8. The third-order valence-corrected chi connectivity index (χ3v) is 3.24. The van der Waals surface area contributed by atoms with Crippen LogP contribution < -0.4 is 5.32 Å². The highest BCUT2D eigenvalue weighted by Crippen LogP contribution is 2.19. The standard InChI is InChI=1S/C16H24N2O3/c1-16(2,3)18(11-14(19)20)15(21)13-8-6-5-7-12(13)9-10-17-4/h5-8,17H,9-11H2,1-4H3,(H,19,20). The average molecular weight is 292 g/mol. The van der Waals surface area contributed by atoms with Gasteiger partial charge < -0.3 is 15.3 Å². The quantitative estimate of drug-likeness (QED) is 0.838. The number of hydrogen-bond donors (Lipinski definition) is 2. The highest BCUT2D eigenvalue weighted by Gasteiger charge is 2.30. The Balaban J connectivity index is 3.11. The molecule has 1 aromatic carbocycles. The van der Waals surface area contributed by atoms with Crippen LogP contribution in [0.3, 0.4) is 0 Å². The maximum Gasteiger partial charge on any atom is 0.323 e. The van der Waals surface area contributed by atoms with Gasteiger partial charge in [0.1, 0.15) is 6.54 Å². The van der Waals surface area contributed by atoms with Crippen LogP contribution in [0.1, 0.15) is 36.7 Å². The SMILES string of the molecule is CNCCc1ccccc1C(=O)N(CC(=O)O)C(C)(C)C. The monoisotopic (exact) mass is 292 g/mol. The lowest BCUT2D eigenvalue weighted by molar-refractivity contribution is -0.138. The van der Waals surface area contributed by atoms with E-state index in [-0.39, 0.29) is 12.5 Å². The second kappa shape index (κ2) is 7.22. The third-order valence-electron chi connectivity index (χ3n) is 3.24. The molecule has 1 amide bonds. The molecule has 0 unspecified atom stereocenters. The van der Waals surface area contributed by atoms with Crippen LogP contribution in [0.2, 0.25) is 0 Å². The number of carbonyl (C=O) groups excluding carboxylic acids is 1. The number of carboxylic acids is 1. The molecule has 0 saturated heterocycles. The predicted octanol–water partition coefficient (Wildman–Crippen LogP) is 1.77. The molecule has 1 aromatic rings. The largest absolute Gasteiger partial charge is 0.480 e. The van der Waals surface area contributed by atoms with Crippen molar-refractivity contribution in [3.63, 3.8) is 0 Å². The number of nitrogens with zero attached hydrogens (tertiary/aromatic N) is 1. The molecule has 0 aliphatic heterocycles. The van der Waals surface area contributed by atoms with E-state index < -0.39 is 11.5 Å². The van der Waals surface area contributed by atoms with Crippen molar-refractivity contribution in [3.8, 4) is 0 Å². The Hall–Kier alpha value is -1.88. The van der Waals surface area contributed by atoms with E-state index in [1.807, 2.05) is 40.0 Å². The molecule has 116 valence electrons. The lowest BCUT2D eigenvalue weighted by Gasteiger charge is -2.35. The van der Waals surface area contributed by atoms with Crippen LogP contribution in [0.4, 0.5) is 0 Å². The van der Waals surface area contributed by atoms with Crippen molar-refractivity contribution in [2.45, 2.75) is 32.7 Å². The molecule has 0 heterocycles. The number of hydrogen-bond acceptors (Lipinski definition) is 3. The van der Waals surface area contributed by atoms with Gasteiger partial charge in [0.15, 0.2) is 0 Å². The average Bonchev–Trinajstić information content (AvgIpc) is 2.40. The molecule has 2 N–H and O–H groups in total. The molecular formula is C16H24N2O3. The first-order chi connectivity index (χ1) is 9.77. The Morgan fingerprint density at radius 3 is 2.38 bits per heavy atom. The Kier molecular flexibility index (Phi) is 5.90. The topological polar surface area (TPSA) is 69.6 Å². The van der Waals surface area contributed by atoms with Crippen molar-refractivity contribution >= 4 is 11.9 Å². The van der Waals surface area contributed by atoms with Gasteiger partial charge in [0.05, 0.1) is 0 Å². The van der Waals surface area contributed by atoms with Gasteiger partial charge >= 0.3 is 5.97 Å². The molecule has 0 fully saturated rings. The minimum atomic E-state index is -1.01. The van der Waals surface area contributed by atoms with Gasteiger partial charge in [-0.25, -0.2) is 0 Å². The van der Waals surface area contributed by atoms with E-state index in [9.17, 15) is 9.59 Å². The third kappa shape index (κ3) is 4.86. The molecule has 0 spiro atoms. The van der Waals surface area contributed by atoms with Crippen molar-refractivity contribution < 1.29 is 14.7 Å². The van der Waals surface area contributed by atoms with E-state index in [0.717, 1.165) is 18.5 Å². The van der Waals surface area contributed by atoms with Crippen molar-refractivity contribution in [2.75, 3.05) is 20.1 Å². The summed E-state index contributed by atoms with van der Waals surface area (Å²) in [6.45, 7) is 5.97. The van der Waals surface area contributed by atoms with E-state index in [2.05, 4.69) is 5.32 Å². The first-order valence-electron chi connectivity index (χ1n) is 7.03. The summed E-state index contributed by atoms with van der Waals surface area (Å²) >= 11 is 0. The molecule has 0 aliphatic carbocycles. The Bertz CT molecular complexity index is 506. The van der Waals surface area contributed by atoms with Crippen molar-refractivity contribution in [1.29, 1.82) is 0 Å². The number of benzene rings is 1. The summed E-state index contributed by atoms with van der Waals surface area (Å²) in [5.74, 6) is -1.25. The van der Waals surface area contributed by atoms with E-state index in [0.29, 0.717) is 5.56 Å². The van der Waals surface area contributed by atoms with E-state index >= 15 is 0 Å². The molecule has 0 aliphatic rings. The van der Waals surface area contributed by atoms with Crippen molar-refractivity contribution in [1.82, 2.24) is 10.2 Å². The molecule has 0 aromatic heterocycles. The van der Waals surface area contributed by atoms with Crippen LogP contribution in [0, 0.1) is 0 Å². The fourth-order valence-electron chi connectivity index (χ4n) is 2.10. The van der Waals surface area contributed by atoms with Crippen LogP contribution in [0.25, 0.3) is 0 Å². The van der Waals surface area contributed by atoms with Gasteiger partial charge in [0.2, 0.25) is 0 Å². The highest BCUT2D eigenvalue weighted by atomic mass is 16.4. The number of carboxylic acid groups (broad SMARTS) is 1. The summed E-state index contributed by atoms with van der Waals surface area (Å²) in [5, 5.41) is 12.1. The summed E-state index contributed by atoms with van der Waals surface area (Å²) in [6, 6.07) is 7.36. The number of aliphatic carboxylic acids is 1. The van der Waals surface area contributed by atoms with E-state index in [1.54, 1.807) is 12.1 Å². The fourth-order valence-corrected chi connectivity index (χ4v) is 2.10. The molecule has 0 saturated carbocycles. The molecule has 5 nitrogen and oxygen atoms in total. The van der Waals surface area contributed by atoms with E-state index in [1.165, 1.54) is 4.90 Å². The van der Waals surface area contributed by atoms with Gasteiger partial charge in [0, 0.05) is 11.1 Å². The van der Waals surface area contributed by atoms with Crippen LogP contribution in [0.15, 0.2) is 24.3 Å². The Morgan fingerprint density at radius 2 is 1.86 bits per heavy atom. The summed E-state index contributed by atoms with van der Waals surface area (Å²) in [4.78, 5) is 25.2. The number of carbonyl (C=O) groups is 2. The summed E-state index contributed by atoms with van der Waals surface area (Å²) in [6.07, 6.45) is 0.726. The molecule has 0 radical (unpaired) electrons. The summed E-state index contributed by atoms with van der Waals surface area (Å²) < 4.78 is 0. The zero-order valence-electron chi connectivity index (χ0n) is 13.1. The van der Waals surface area contributed by atoms with Gasteiger partial charge in [0.25, 0.3) is 5.91 Å². The lowest BCUT2D eigenvalue weighted by atomic mass is 9.99. The smallest absolute Gasteiger partial charge is 0.323 e. The van der Waals surface area contributed by atoms with Gasteiger partial charge in [-0.15, -0.1) is 0 Å². The molecule has 1 rings (SSSR count). The zero-order chi connectivity index (χ0) is 16.0. The van der Waals surface area contributed by atoms with Crippen molar-refractivity contribution in [2.24, 2.45) is 0 Å². The first-order valence-corrected chi connectivity index (χ1v) is 7.03. The van der Waals surface area contributed by atoms with Crippen LogP contribution in [-0.4, -0.2) is 47.6 Å². The second-order valence-electron chi connectivity index (χ2n) is 5.97. The number of nitrogens with one attached hydrogen (secondary N) is 1. The maximum atomic E-state index is 12.8. The van der Waals surface area contributed by atoms with Crippen LogP contribution in [-0.2, 0) is 11.2 Å². The van der Waals surface area contributed by atoms with Crippen molar-refractivity contribution in [3.05, 3.63) is 35.4 Å². The zero-order valence-corrected chi connectivity index (χ0v) is 13.1. The molecular weight excluding hydrogens is 268 g/mol. The summed E-state index contributed by atoms with van der Waals surface area (Å²) in [7, 11) is 1.86. The van der Waals surface area contributed by atoms with Gasteiger partial charge in [-0.05, 0) is 52.4 Å².